The van der Waals surface area contributed by atoms with E-state index in [-0.39, 0.29) is 11.6 Å². The molecule has 2 aliphatic rings. The molecule has 0 radical (unpaired) electrons. The van der Waals surface area contributed by atoms with Crippen molar-refractivity contribution >= 4 is 33.8 Å². The Morgan fingerprint density at radius 1 is 1.23 bits per heavy atom. The summed E-state index contributed by atoms with van der Waals surface area (Å²) in [5.74, 6) is -0.811. The lowest BCUT2D eigenvalue weighted by Gasteiger charge is -2.21. The van der Waals surface area contributed by atoms with Gasteiger partial charge >= 0.3 is 0 Å². The first-order valence-corrected chi connectivity index (χ1v) is 12.1. The maximum absolute atomic E-state index is 14.5. The topological polar surface area (TPSA) is 79.5 Å². The standard InChI is InChI=1S/C26H30FN7O/c1-15-11-34-13-17(9-20(27)24(34)28-15)30-25(35)18-5-6-21(19-14-32(4)31-23(18)19)33-8-7-16(12-33)29-22-10-26(22,2)3/h5-6,9,11,13-14,16,22,29H,7-8,10,12H2,1-4H3,(H,30,35)/t16-,22?/m1/s1. The maximum Gasteiger partial charge on any atom is 0.257 e. The number of aromatic nitrogens is 4. The highest BCUT2D eigenvalue weighted by atomic mass is 19.1. The number of rotatable bonds is 5. The number of imidazole rings is 1. The minimum Gasteiger partial charge on any atom is -0.369 e. The summed E-state index contributed by atoms with van der Waals surface area (Å²) in [7, 11) is 1.86. The van der Waals surface area contributed by atoms with Crippen LogP contribution in [0.4, 0.5) is 15.8 Å². The first kappa shape index (κ1) is 22.0. The molecule has 4 aromatic rings. The average molecular weight is 476 g/mol. The molecule has 1 aliphatic carbocycles. The Kier molecular flexibility index (Phi) is 4.90. The van der Waals surface area contributed by atoms with E-state index < -0.39 is 5.82 Å². The van der Waals surface area contributed by atoms with Crippen LogP contribution >= 0.6 is 0 Å². The first-order chi connectivity index (χ1) is 16.7. The van der Waals surface area contributed by atoms with E-state index in [1.165, 1.54) is 12.5 Å². The summed E-state index contributed by atoms with van der Waals surface area (Å²) >= 11 is 0. The van der Waals surface area contributed by atoms with Crippen molar-refractivity contribution in [1.29, 1.82) is 0 Å². The van der Waals surface area contributed by atoms with Gasteiger partial charge in [0.1, 0.15) is 5.52 Å². The van der Waals surface area contributed by atoms with E-state index in [4.69, 9.17) is 0 Å². The smallest absolute Gasteiger partial charge is 0.257 e. The maximum atomic E-state index is 14.5. The zero-order valence-corrected chi connectivity index (χ0v) is 20.5. The van der Waals surface area contributed by atoms with Crippen LogP contribution in [0.2, 0.25) is 0 Å². The van der Waals surface area contributed by atoms with E-state index in [0.29, 0.717) is 40.0 Å². The molecule has 3 aromatic heterocycles. The molecule has 182 valence electrons. The summed E-state index contributed by atoms with van der Waals surface area (Å²) in [6.45, 7) is 8.32. The fraction of sp³-hybridized carbons (Fsp3) is 0.423. The van der Waals surface area contributed by atoms with Crippen molar-refractivity contribution in [3.8, 4) is 0 Å². The van der Waals surface area contributed by atoms with Gasteiger partial charge in [0.25, 0.3) is 5.91 Å². The van der Waals surface area contributed by atoms with Gasteiger partial charge in [0.2, 0.25) is 0 Å². The van der Waals surface area contributed by atoms with Crippen LogP contribution in [0.5, 0.6) is 0 Å². The number of hydrogen-bond acceptors (Lipinski definition) is 5. The van der Waals surface area contributed by atoms with Crippen LogP contribution in [0, 0.1) is 18.2 Å². The Bertz CT molecular complexity index is 1470. The Morgan fingerprint density at radius 2 is 2.03 bits per heavy atom. The van der Waals surface area contributed by atoms with Gasteiger partial charge in [-0.05, 0) is 37.3 Å². The van der Waals surface area contributed by atoms with Crippen LogP contribution in [0.3, 0.4) is 0 Å². The Morgan fingerprint density at radius 3 is 2.80 bits per heavy atom. The van der Waals surface area contributed by atoms with Crippen molar-refractivity contribution in [1.82, 2.24) is 24.5 Å². The van der Waals surface area contributed by atoms with E-state index in [0.717, 1.165) is 30.6 Å². The molecule has 2 fully saturated rings. The third kappa shape index (κ3) is 3.93. The van der Waals surface area contributed by atoms with Gasteiger partial charge in [0.15, 0.2) is 11.5 Å². The minimum absolute atomic E-state index is 0.237. The third-order valence-corrected chi connectivity index (χ3v) is 7.38. The number of carbonyl (C=O) groups excluding carboxylic acids is 1. The number of fused-ring (bicyclic) bond motifs is 2. The number of benzene rings is 1. The Labute approximate surface area is 203 Å². The number of carbonyl (C=O) groups is 1. The molecule has 9 heteroatoms. The van der Waals surface area contributed by atoms with Crippen molar-refractivity contribution in [3.05, 3.63) is 53.9 Å². The molecule has 1 saturated heterocycles. The van der Waals surface area contributed by atoms with Gasteiger partial charge in [-0.15, -0.1) is 0 Å². The zero-order chi connectivity index (χ0) is 24.5. The summed E-state index contributed by atoms with van der Waals surface area (Å²) in [5, 5.41) is 12.2. The van der Waals surface area contributed by atoms with Crippen LogP contribution in [0.25, 0.3) is 16.6 Å². The van der Waals surface area contributed by atoms with Gasteiger partial charge < -0.3 is 19.9 Å². The molecule has 2 atom stereocenters. The Hall–Kier alpha value is -3.46. The molecule has 2 N–H and O–H groups in total. The number of nitrogens with zero attached hydrogens (tertiary/aromatic N) is 5. The van der Waals surface area contributed by atoms with Gasteiger partial charge in [-0.25, -0.2) is 9.37 Å². The molecule has 0 spiro atoms. The summed E-state index contributed by atoms with van der Waals surface area (Å²) in [6.07, 6.45) is 7.68. The monoisotopic (exact) mass is 475 g/mol. The molecule has 1 amide bonds. The van der Waals surface area contributed by atoms with E-state index in [9.17, 15) is 9.18 Å². The molecular formula is C26H30FN7O. The van der Waals surface area contributed by atoms with Crippen molar-refractivity contribution in [2.45, 2.75) is 45.7 Å². The SMILES string of the molecule is Cc1cn2cc(NC(=O)c3ccc(N4CC[C@@H](NC5CC5(C)C)C4)c4cn(C)nc34)cc(F)c2n1. The second-order valence-corrected chi connectivity index (χ2v) is 10.7. The van der Waals surface area contributed by atoms with E-state index in [1.54, 1.807) is 28.4 Å². The molecule has 1 aliphatic heterocycles. The van der Waals surface area contributed by atoms with E-state index in [1.807, 2.05) is 25.4 Å². The van der Waals surface area contributed by atoms with Gasteiger partial charge in [-0.3, -0.25) is 9.48 Å². The molecule has 4 heterocycles. The summed E-state index contributed by atoms with van der Waals surface area (Å²) in [6, 6.07) is 6.19. The number of amides is 1. The van der Waals surface area contributed by atoms with Gasteiger partial charge in [0, 0.05) is 68.0 Å². The highest BCUT2D eigenvalue weighted by Crippen LogP contribution is 2.45. The first-order valence-electron chi connectivity index (χ1n) is 12.1. The van der Waals surface area contributed by atoms with Crippen LogP contribution in [0.1, 0.15) is 42.7 Å². The second kappa shape index (κ2) is 7.78. The number of pyridine rings is 1. The van der Waals surface area contributed by atoms with Crippen molar-refractivity contribution in [2.75, 3.05) is 23.3 Å². The summed E-state index contributed by atoms with van der Waals surface area (Å²) in [5.41, 5.74) is 3.90. The number of nitrogens with one attached hydrogen (secondary N) is 2. The summed E-state index contributed by atoms with van der Waals surface area (Å²) in [4.78, 5) is 19.8. The zero-order valence-electron chi connectivity index (χ0n) is 20.5. The molecule has 8 nitrogen and oxygen atoms in total. The molecule has 6 rings (SSSR count). The van der Waals surface area contributed by atoms with E-state index >= 15 is 0 Å². The molecule has 1 saturated carbocycles. The highest BCUT2D eigenvalue weighted by molar-refractivity contribution is 6.13. The number of halogens is 1. The molecule has 1 aromatic carbocycles. The molecule has 0 bridgehead atoms. The Balaban J connectivity index is 1.26. The van der Waals surface area contributed by atoms with Gasteiger partial charge in [0.05, 0.1) is 16.9 Å². The second-order valence-electron chi connectivity index (χ2n) is 10.7. The van der Waals surface area contributed by atoms with Crippen LogP contribution in [-0.4, -0.2) is 50.2 Å². The van der Waals surface area contributed by atoms with Gasteiger partial charge in [-0.1, -0.05) is 13.8 Å². The van der Waals surface area contributed by atoms with Crippen molar-refractivity contribution < 1.29 is 9.18 Å². The van der Waals surface area contributed by atoms with Crippen LogP contribution in [0.15, 0.2) is 36.8 Å². The fourth-order valence-electron chi connectivity index (χ4n) is 5.26. The molecular weight excluding hydrogens is 445 g/mol. The van der Waals surface area contributed by atoms with Crippen molar-refractivity contribution in [3.63, 3.8) is 0 Å². The number of hydrogen-bond donors (Lipinski definition) is 2. The highest BCUT2D eigenvalue weighted by Gasteiger charge is 2.46. The normalized spacial score (nSPS) is 21.2. The van der Waals surface area contributed by atoms with Crippen molar-refractivity contribution in [2.24, 2.45) is 12.5 Å². The molecule has 35 heavy (non-hydrogen) atoms. The lowest BCUT2D eigenvalue weighted by Crippen LogP contribution is -2.35. The average Bonchev–Trinajstić information content (AvgIpc) is 3.22. The predicted molar refractivity (Wildman–Crippen MR) is 134 cm³/mol. The van der Waals surface area contributed by atoms with Gasteiger partial charge in [-0.2, -0.15) is 5.10 Å². The third-order valence-electron chi connectivity index (χ3n) is 7.38. The lowest BCUT2D eigenvalue weighted by molar-refractivity contribution is 0.102. The fourth-order valence-corrected chi connectivity index (χ4v) is 5.26. The van der Waals surface area contributed by atoms with Crippen LogP contribution < -0.4 is 15.5 Å². The molecule has 1 unspecified atom stereocenters. The quantitative estimate of drug-likeness (QED) is 0.458. The van der Waals surface area contributed by atoms with E-state index in [2.05, 4.69) is 39.5 Å². The minimum atomic E-state index is -0.485. The van der Waals surface area contributed by atoms with Crippen LogP contribution in [-0.2, 0) is 7.05 Å². The largest absolute Gasteiger partial charge is 0.369 e. The lowest BCUT2D eigenvalue weighted by atomic mass is 10.1. The number of aryl methyl sites for hydroxylation is 2. The number of anilines is 2. The predicted octanol–water partition coefficient (Wildman–Crippen LogP) is 3.89. The summed E-state index contributed by atoms with van der Waals surface area (Å²) < 4.78 is 17.8.